The van der Waals surface area contributed by atoms with Gasteiger partial charge >= 0.3 is 0 Å². The second-order valence-electron chi connectivity index (χ2n) is 2.21. The zero-order valence-corrected chi connectivity index (χ0v) is 8.07. The van der Waals surface area contributed by atoms with E-state index in [1.54, 1.807) is 6.92 Å². The van der Waals surface area contributed by atoms with Crippen molar-refractivity contribution >= 4 is 21.7 Å². The average Bonchev–Trinajstić information content (AvgIpc) is 1.89. The Morgan fingerprint density at radius 2 is 2.20 bits per heavy atom. The summed E-state index contributed by atoms with van der Waals surface area (Å²) in [5.41, 5.74) is 0.891. The third-order valence-electron chi connectivity index (χ3n) is 1.28. The van der Waals surface area contributed by atoms with E-state index < -0.39 is 0 Å². The van der Waals surface area contributed by atoms with Gasteiger partial charge in [0.15, 0.2) is 5.78 Å². The summed E-state index contributed by atoms with van der Waals surface area (Å²) < 4.78 is 0. The summed E-state index contributed by atoms with van der Waals surface area (Å²) in [6.07, 6.45) is 4.10. The van der Waals surface area contributed by atoms with Gasteiger partial charge in [-0.2, -0.15) is 0 Å². The summed E-state index contributed by atoms with van der Waals surface area (Å²) in [5, 5.41) is 0.683. The molecule has 0 aliphatic heterocycles. The smallest absolute Gasteiger partial charge is 0.156 e. The normalized spacial score (nSPS) is 11.7. The summed E-state index contributed by atoms with van der Waals surface area (Å²) in [6.45, 7) is 3.70. The first-order valence-electron chi connectivity index (χ1n) is 3.48. The fourth-order valence-corrected chi connectivity index (χ4v) is 1.23. The molecule has 0 aromatic heterocycles. The molecule has 0 fully saturated rings. The Balaban J connectivity index is 3.91. The fourth-order valence-electron chi connectivity index (χ4n) is 0.611. The van der Waals surface area contributed by atoms with Crippen LogP contribution in [0.5, 0.6) is 0 Å². The molecule has 0 atom stereocenters. The van der Waals surface area contributed by atoms with E-state index in [4.69, 9.17) is 0 Å². The van der Waals surface area contributed by atoms with Crippen LogP contribution in [0, 0.1) is 0 Å². The van der Waals surface area contributed by atoms with Gasteiger partial charge in [0.25, 0.3) is 0 Å². The Bertz CT molecular complexity index is 138. The lowest BCUT2D eigenvalue weighted by Gasteiger charge is -1.95. The van der Waals surface area contributed by atoms with Crippen LogP contribution in [0.1, 0.15) is 26.7 Å². The van der Waals surface area contributed by atoms with E-state index in [1.807, 2.05) is 6.08 Å². The summed E-state index contributed by atoms with van der Waals surface area (Å²) in [5.74, 6) is 0.172. The average molecular weight is 205 g/mol. The number of ketones is 1. The van der Waals surface area contributed by atoms with Gasteiger partial charge in [-0.25, -0.2) is 0 Å². The number of Topliss-reactive ketones (excluding diaryl/α,β-unsaturated/α-hetero) is 1. The summed E-state index contributed by atoms with van der Waals surface area (Å²) >= 11 is 3.26. The molecular formula is C8H13BrO. The highest BCUT2D eigenvalue weighted by Crippen LogP contribution is 2.03. The minimum Gasteiger partial charge on any atom is -0.295 e. The minimum atomic E-state index is 0.172. The molecule has 58 valence electrons. The summed E-state index contributed by atoms with van der Waals surface area (Å²) in [6, 6.07) is 0. The van der Waals surface area contributed by atoms with Gasteiger partial charge in [-0.15, -0.1) is 0 Å². The maximum absolute atomic E-state index is 10.8. The van der Waals surface area contributed by atoms with Gasteiger partial charge in [0.05, 0.1) is 0 Å². The van der Waals surface area contributed by atoms with Crippen LogP contribution >= 0.6 is 15.9 Å². The molecule has 0 aliphatic carbocycles. The third kappa shape index (κ3) is 3.83. The fraction of sp³-hybridized carbons (Fsp3) is 0.625. The highest BCUT2D eigenvalue weighted by molar-refractivity contribution is 9.09. The zero-order chi connectivity index (χ0) is 7.98. The van der Waals surface area contributed by atoms with Crippen molar-refractivity contribution in [3.8, 4) is 0 Å². The number of unbranched alkanes of at least 4 members (excludes halogenated alkanes) is 1. The van der Waals surface area contributed by atoms with Crippen LogP contribution in [-0.2, 0) is 4.79 Å². The molecule has 0 aromatic carbocycles. The van der Waals surface area contributed by atoms with Crippen molar-refractivity contribution in [2.45, 2.75) is 26.7 Å². The molecule has 0 radical (unpaired) electrons. The molecule has 0 rings (SSSR count). The standard InChI is InChI=1S/C8H13BrO/c1-3-4-5-8(6-9)7(2)10/h5H,3-4,6H2,1-2H3/b8-5-. The SMILES string of the molecule is CCC/C=C(/CBr)C(C)=O. The van der Waals surface area contributed by atoms with Gasteiger partial charge in [0.1, 0.15) is 0 Å². The molecule has 0 saturated carbocycles. The molecule has 1 nitrogen and oxygen atoms in total. The first kappa shape index (κ1) is 9.89. The highest BCUT2D eigenvalue weighted by atomic mass is 79.9. The minimum absolute atomic E-state index is 0.172. The monoisotopic (exact) mass is 204 g/mol. The van der Waals surface area contributed by atoms with Crippen LogP contribution in [0.2, 0.25) is 0 Å². The molecule has 0 saturated heterocycles. The summed E-state index contributed by atoms with van der Waals surface area (Å²) in [4.78, 5) is 10.8. The van der Waals surface area contributed by atoms with Crippen LogP contribution in [0.25, 0.3) is 0 Å². The lowest BCUT2D eigenvalue weighted by molar-refractivity contribution is -0.113. The van der Waals surface area contributed by atoms with E-state index in [9.17, 15) is 4.79 Å². The van der Waals surface area contributed by atoms with Crippen LogP contribution in [0.15, 0.2) is 11.6 Å². The molecule has 0 bridgehead atoms. The Morgan fingerprint density at radius 3 is 2.50 bits per heavy atom. The molecule has 0 aliphatic rings. The van der Waals surface area contributed by atoms with Crippen LogP contribution in [-0.4, -0.2) is 11.1 Å². The van der Waals surface area contributed by atoms with Crippen molar-refractivity contribution in [1.82, 2.24) is 0 Å². The first-order chi connectivity index (χ1) is 4.72. The van der Waals surface area contributed by atoms with Crippen molar-refractivity contribution in [2.24, 2.45) is 0 Å². The molecule has 10 heavy (non-hydrogen) atoms. The number of halogens is 1. The number of alkyl halides is 1. The number of allylic oxidation sites excluding steroid dienone is 2. The van der Waals surface area contributed by atoms with Gasteiger partial charge in [-0.3, -0.25) is 4.79 Å². The lowest BCUT2D eigenvalue weighted by Crippen LogP contribution is -1.96. The van der Waals surface area contributed by atoms with E-state index in [0.29, 0.717) is 5.33 Å². The molecule has 0 amide bonds. The number of hydrogen-bond donors (Lipinski definition) is 0. The van der Waals surface area contributed by atoms with Crippen molar-refractivity contribution in [1.29, 1.82) is 0 Å². The van der Waals surface area contributed by atoms with Crippen molar-refractivity contribution in [2.75, 3.05) is 5.33 Å². The molecule has 0 spiro atoms. The second-order valence-corrected chi connectivity index (χ2v) is 2.77. The van der Waals surface area contributed by atoms with E-state index in [0.717, 1.165) is 18.4 Å². The van der Waals surface area contributed by atoms with Crippen molar-refractivity contribution in [3.63, 3.8) is 0 Å². The van der Waals surface area contributed by atoms with Gasteiger partial charge < -0.3 is 0 Å². The predicted molar refractivity (Wildman–Crippen MR) is 47.5 cm³/mol. The maximum atomic E-state index is 10.8. The Kier molecular flexibility index (Phi) is 5.60. The Labute approximate surface area is 70.6 Å². The van der Waals surface area contributed by atoms with Crippen LogP contribution in [0.4, 0.5) is 0 Å². The van der Waals surface area contributed by atoms with Crippen LogP contribution in [0.3, 0.4) is 0 Å². The molecule has 0 unspecified atom stereocenters. The Morgan fingerprint density at radius 1 is 1.60 bits per heavy atom. The van der Waals surface area contributed by atoms with E-state index >= 15 is 0 Å². The van der Waals surface area contributed by atoms with Gasteiger partial charge in [0, 0.05) is 10.9 Å². The molecule has 2 heteroatoms. The quantitative estimate of drug-likeness (QED) is 0.509. The molecule has 0 aromatic rings. The topological polar surface area (TPSA) is 17.1 Å². The van der Waals surface area contributed by atoms with Crippen LogP contribution < -0.4 is 0 Å². The number of carbonyl (C=O) groups excluding carboxylic acids is 1. The molecule has 0 N–H and O–H groups in total. The first-order valence-corrected chi connectivity index (χ1v) is 4.60. The number of hydrogen-bond acceptors (Lipinski definition) is 1. The van der Waals surface area contributed by atoms with E-state index in [-0.39, 0.29) is 5.78 Å². The Hall–Kier alpha value is -0.110. The number of carbonyl (C=O) groups is 1. The van der Waals surface area contributed by atoms with Crippen molar-refractivity contribution < 1.29 is 4.79 Å². The van der Waals surface area contributed by atoms with E-state index in [2.05, 4.69) is 22.9 Å². The van der Waals surface area contributed by atoms with Gasteiger partial charge in [-0.05, 0) is 13.3 Å². The van der Waals surface area contributed by atoms with Gasteiger partial charge in [-0.1, -0.05) is 35.4 Å². The largest absolute Gasteiger partial charge is 0.295 e. The number of rotatable bonds is 4. The molecule has 0 heterocycles. The zero-order valence-electron chi connectivity index (χ0n) is 6.48. The second kappa shape index (κ2) is 5.66. The van der Waals surface area contributed by atoms with E-state index in [1.165, 1.54) is 0 Å². The maximum Gasteiger partial charge on any atom is 0.156 e. The summed E-state index contributed by atoms with van der Waals surface area (Å²) in [7, 11) is 0. The molecular weight excluding hydrogens is 192 g/mol. The lowest BCUT2D eigenvalue weighted by atomic mass is 10.1. The highest BCUT2D eigenvalue weighted by Gasteiger charge is 1.98. The van der Waals surface area contributed by atoms with Gasteiger partial charge in [0.2, 0.25) is 0 Å². The van der Waals surface area contributed by atoms with Crippen molar-refractivity contribution in [3.05, 3.63) is 11.6 Å². The predicted octanol–water partition coefficient (Wildman–Crippen LogP) is 2.70. The third-order valence-corrected chi connectivity index (χ3v) is 1.88.